The molecule has 1 saturated heterocycles. The molecule has 1 N–H and O–H groups in total. The molecule has 1 aliphatic heterocycles. The maximum absolute atomic E-state index is 10.2. The molecule has 0 bridgehead atoms. The lowest BCUT2D eigenvalue weighted by Gasteiger charge is -2.47. The minimum atomic E-state index is -0.390. The number of aliphatic hydroxyl groups is 1. The first kappa shape index (κ1) is 13.7. The van der Waals surface area contributed by atoms with Crippen molar-refractivity contribution in [2.75, 3.05) is 32.8 Å². The first-order valence-electron chi connectivity index (χ1n) is 7.50. The van der Waals surface area contributed by atoms with Gasteiger partial charge in [-0.2, -0.15) is 0 Å². The third-order valence-electron chi connectivity index (χ3n) is 4.14. The van der Waals surface area contributed by atoms with Gasteiger partial charge < -0.3 is 14.6 Å². The largest absolute Gasteiger partial charge is 0.494 e. The van der Waals surface area contributed by atoms with Gasteiger partial charge in [0, 0.05) is 19.6 Å². The zero-order valence-corrected chi connectivity index (χ0v) is 12.0. The highest BCUT2D eigenvalue weighted by Crippen LogP contribution is 2.44. The fraction of sp³-hybridized carbons (Fsp3) is 0.625. The number of nitrogens with zero attached hydrogens (tertiary/aromatic N) is 1. The second-order valence-electron chi connectivity index (χ2n) is 5.84. The number of hydrogen-bond acceptors (Lipinski definition) is 4. The molecule has 0 atom stereocenters. The van der Waals surface area contributed by atoms with E-state index in [-0.39, 0.29) is 5.60 Å². The molecule has 110 valence electrons. The third kappa shape index (κ3) is 3.07. The van der Waals surface area contributed by atoms with Crippen LogP contribution in [0.2, 0.25) is 0 Å². The van der Waals surface area contributed by atoms with Gasteiger partial charge in [-0.3, -0.25) is 4.90 Å². The Labute approximate surface area is 120 Å². The zero-order chi connectivity index (χ0) is 14.0. The lowest BCUT2D eigenvalue weighted by molar-refractivity contribution is -0.115. The second-order valence-corrected chi connectivity index (χ2v) is 5.84. The molecule has 3 rings (SSSR count). The van der Waals surface area contributed by atoms with Gasteiger partial charge in [0.05, 0.1) is 12.2 Å². The van der Waals surface area contributed by atoms with Crippen molar-refractivity contribution in [3.63, 3.8) is 0 Å². The maximum atomic E-state index is 10.2. The average Bonchev–Trinajstić information content (AvgIpc) is 3.23. The molecule has 1 aromatic carbocycles. The van der Waals surface area contributed by atoms with Crippen LogP contribution in [0.3, 0.4) is 0 Å². The smallest absolute Gasteiger partial charge is 0.119 e. The molecule has 0 aromatic heterocycles. The quantitative estimate of drug-likeness (QED) is 0.827. The van der Waals surface area contributed by atoms with Gasteiger partial charge in [0.1, 0.15) is 18.1 Å². The highest BCUT2D eigenvalue weighted by atomic mass is 16.5. The van der Waals surface area contributed by atoms with E-state index in [1.165, 1.54) is 12.8 Å². The van der Waals surface area contributed by atoms with Crippen molar-refractivity contribution < 1.29 is 14.6 Å². The first-order chi connectivity index (χ1) is 9.69. The van der Waals surface area contributed by atoms with Gasteiger partial charge in [0.15, 0.2) is 0 Å². The van der Waals surface area contributed by atoms with Crippen LogP contribution in [0.4, 0.5) is 0 Å². The van der Waals surface area contributed by atoms with Crippen LogP contribution in [-0.4, -0.2) is 48.5 Å². The molecule has 0 radical (unpaired) electrons. The number of rotatable bonds is 7. The lowest BCUT2D eigenvalue weighted by Crippen LogP contribution is -2.63. The van der Waals surface area contributed by atoms with Crippen molar-refractivity contribution in [1.82, 2.24) is 4.90 Å². The van der Waals surface area contributed by atoms with Crippen molar-refractivity contribution in [3.05, 3.63) is 24.3 Å². The van der Waals surface area contributed by atoms with E-state index in [0.717, 1.165) is 31.1 Å². The summed E-state index contributed by atoms with van der Waals surface area (Å²) in [5.74, 6) is 2.30. The molecule has 2 fully saturated rings. The first-order valence-corrected chi connectivity index (χ1v) is 7.50. The molecule has 0 unspecified atom stereocenters. The van der Waals surface area contributed by atoms with Crippen LogP contribution in [0.25, 0.3) is 0 Å². The monoisotopic (exact) mass is 277 g/mol. The Morgan fingerprint density at radius 1 is 1.15 bits per heavy atom. The maximum Gasteiger partial charge on any atom is 0.119 e. The Balaban J connectivity index is 1.36. The average molecular weight is 277 g/mol. The van der Waals surface area contributed by atoms with Gasteiger partial charge in [-0.05, 0) is 49.9 Å². The summed E-state index contributed by atoms with van der Waals surface area (Å²) >= 11 is 0. The Hall–Kier alpha value is -1.26. The van der Waals surface area contributed by atoms with E-state index in [9.17, 15) is 5.11 Å². The van der Waals surface area contributed by atoms with E-state index in [0.29, 0.717) is 19.1 Å². The van der Waals surface area contributed by atoms with E-state index in [4.69, 9.17) is 9.47 Å². The van der Waals surface area contributed by atoms with Crippen molar-refractivity contribution in [1.29, 1.82) is 0 Å². The van der Waals surface area contributed by atoms with Gasteiger partial charge in [-0.1, -0.05) is 0 Å². The summed E-state index contributed by atoms with van der Waals surface area (Å²) in [4.78, 5) is 2.26. The molecule has 0 amide bonds. The van der Waals surface area contributed by atoms with Crippen LogP contribution >= 0.6 is 0 Å². The SMILES string of the molecule is CCOc1ccc(OCCN2CC(O)(C3CC3)C2)cc1. The predicted octanol–water partition coefficient (Wildman–Crippen LogP) is 1.92. The minimum absolute atomic E-state index is 0.390. The standard InChI is InChI=1S/C16H23NO3/c1-2-19-14-5-7-15(8-6-14)20-10-9-17-11-16(18,12-17)13-3-4-13/h5-8,13,18H,2-4,9-12H2,1H3. The predicted molar refractivity (Wildman–Crippen MR) is 77.2 cm³/mol. The zero-order valence-electron chi connectivity index (χ0n) is 12.0. The minimum Gasteiger partial charge on any atom is -0.494 e. The molecular weight excluding hydrogens is 254 g/mol. The number of hydrogen-bond donors (Lipinski definition) is 1. The normalized spacial score (nSPS) is 21.3. The fourth-order valence-corrected chi connectivity index (χ4v) is 2.86. The van der Waals surface area contributed by atoms with Crippen LogP contribution in [0.15, 0.2) is 24.3 Å². The summed E-state index contributed by atoms with van der Waals surface area (Å²) in [5, 5.41) is 10.2. The summed E-state index contributed by atoms with van der Waals surface area (Å²) < 4.78 is 11.1. The van der Waals surface area contributed by atoms with E-state index in [1.807, 2.05) is 31.2 Å². The number of benzene rings is 1. The summed E-state index contributed by atoms with van der Waals surface area (Å²) in [6.07, 6.45) is 2.40. The van der Waals surface area contributed by atoms with E-state index in [2.05, 4.69) is 4.90 Å². The van der Waals surface area contributed by atoms with Gasteiger partial charge in [0.2, 0.25) is 0 Å². The van der Waals surface area contributed by atoms with Crippen molar-refractivity contribution in [2.24, 2.45) is 5.92 Å². The van der Waals surface area contributed by atoms with E-state index >= 15 is 0 Å². The molecule has 20 heavy (non-hydrogen) atoms. The Morgan fingerprint density at radius 2 is 1.75 bits per heavy atom. The second kappa shape index (κ2) is 5.62. The molecule has 4 heteroatoms. The molecule has 4 nitrogen and oxygen atoms in total. The number of β-amino-alcohol motifs (C(OH)–C–C–N with tert-alkyl or cyclic N) is 1. The highest BCUT2D eigenvalue weighted by molar-refractivity contribution is 5.31. The molecule has 0 spiro atoms. The molecule has 1 aromatic rings. The Kier molecular flexibility index (Phi) is 3.85. The summed E-state index contributed by atoms with van der Waals surface area (Å²) in [5.41, 5.74) is -0.390. The van der Waals surface area contributed by atoms with Crippen molar-refractivity contribution in [3.8, 4) is 11.5 Å². The molecule has 1 saturated carbocycles. The lowest BCUT2D eigenvalue weighted by atomic mass is 9.89. The van der Waals surface area contributed by atoms with Crippen molar-refractivity contribution in [2.45, 2.75) is 25.4 Å². The molecule has 1 heterocycles. The fourth-order valence-electron chi connectivity index (χ4n) is 2.86. The Bertz CT molecular complexity index is 436. The summed E-state index contributed by atoms with van der Waals surface area (Å²) in [6, 6.07) is 7.71. The van der Waals surface area contributed by atoms with Gasteiger partial charge in [0.25, 0.3) is 0 Å². The molecule has 1 aliphatic carbocycles. The van der Waals surface area contributed by atoms with Crippen LogP contribution in [0.5, 0.6) is 11.5 Å². The van der Waals surface area contributed by atoms with Crippen LogP contribution in [0, 0.1) is 5.92 Å². The Morgan fingerprint density at radius 3 is 2.30 bits per heavy atom. The van der Waals surface area contributed by atoms with Gasteiger partial charge in [-0.25, -0.2) is 0 Å². The van der Waals surface area contributed by atoms with Crippen molar-refractivity contribution >= 4 is 0 Å². The third-order valence-corrected chi connectivity index (χ3v) is 4.14. The van der Waals surface area contributed by atoms with E-state index < -0.39 is 0 Å². The number of likely N-dealkylation sites (tertiary alicyclic amines) is 1. The van der Waals surface area contributed by atoms with Gasteiger partial charge in [-0.15, -0.1) is 0 Å². The van der Waals surface area contributed by atoms with Crippen LogP contribution < -0.4 is 9.47 Å². The highest BCUT2D eigenvalue weighted by Gasteiger charge is 2.51. The van der Waals surface area contributed by atoms with Crippen LogP contribution in [-0.2, 0) is 0 Å². The topological polar surface area (TPSA) is 41.9 Å². The number of ether oxygens (including phenoxy) is 2. The van der Waals surface area contributed by atoms with Gasteiger partial charge >= 0.3 is 0 Å². The summed E-state index contributed by atoms with van der Waals surface area (Å²) in [7, 11) is 0. The molecule has 2 aliphatic rings. The summed E-state index contributed by atoms with van der Waals surface area (Å²) in [6.45, 7) is 5.81. The molecular formula is C16H23NO3. The van der Waals surface area contributed by atoms with Crippen LogP contribution in [0.1, 0.15) is 19.8 Å². The van der Waals surface area contributed by atoms with E-state index in [1.54, 1.807) is 0 Å².